The van der Waals surface area contributed by atoms with E-state index in [4.69, 9.17) is 24.1 Å². The number of aromatic nitrogens is 1. The highest BCUT2D eigenvalue weighted by Gasteiger charge is 2.38. The second kappa shape index (κ2) is 18.8. The molecule has 53 heavy (non-hydrogen) atoms. The third-order valence-electron chi connectivity index (χ3n) is 9.70. The maximum absolute atomic E-state index is 14.9. The maximum atomic E-state index is 14.9. The summed E-state index contributed by atoms with van der Waals surface area (Å²) < 4.78 is 52.6. The number of amides is 4. The van der Waals surface area contributed by atoms with E-state index in [1.807, 2.05) is 0 Å². The van der Waals surface area contributed by atoms with E-state index >= 15 is 0 Å². The molecule has 1 aromatic carbocycles. The predicted octanol–water partition coefficient (Wildman–Crippen LogP) is 3.47. The lowest BCUT2D eigenvalue weighted by atomic mass is 9.83. The zero-order chi connectivity index (χ0) is 38.9. The minimum Gasteiger partial charge on any atom is -0.487 e. The molecule has 2 atom stereocenters. The summed E-state index contributed by atoms with van der Waals surface area (Å²) in [5.41, 5.74) is -0.268. The number of fused-ring (bicyclic) bond motifs is 1. The van der Waals surface area contributed by atoms with Gasteiger partial charge in [0.1, 0.15) is 30.0 Å². The molecule has 1 aromatic heterocycles. The first-order chi connectivity index (χ1) is 25.1. The monoisotopic (exact) mass is 751 g/mol. The van der Waals surface area contributed by atoms with Crippen LogP contribution in [-0.4, -0.2) is 139 Å². The summed E-state index contributed by atoms with van der Waals surface area (Å²) in [4.78, 5) is 58.4. The molecule has 296 valence electrons. The van der Waals surface area contributed by atoms with E-state index in [2.05, 4.69) is 5.32 Å². The largest absolute Gasteiger partial charge is 0.487 e. The normalized spacial score (nSPS) is 16.7. The van der Waals surface area contributed by atoms with Crippen molar-refractivity contribution in [1.29, 1.82) is 0 Å². The van der Waals surface area contributed by atoms with Crippen molar-refractivity contribution in [3.05, 3.63) is 29.5 Å². The maximum Gasteiger partial charge on any atom is 0.410 e. The van der Waals surface area contributed by atoms with Gasteiger partial charge in [0.2, 0.25) is 17.6 Å². The first-order valence-electron chi connectivity index (χ1n) is 18.3. The number of carbonyl (C=O) groups is 4. The number of rotatable bonds is 15. The van der Waals surface area contributed by atoms with Gasteiger partial charge in [0.05, 0.1) is 38.6 Å². The molecular weight excluding hydrogens is 696 g/mol. The van der Waals surface area contributed by atoms with Crippen molar-refractivity contribution in [2.75, 3.05) is 72.9 Å². The van der Waals surface area contributed by atoms with E-state index in [9.17, 15) is 28.0 Å². The lowest BCUT2D eigenvalue weighted by Gasteiger charge is -2.39. The summed E-state index contributed by atoms with van der Waals surface area (Å²) in [5.74, 6) is -3.75. The minimum absolute atomic E-state index is 0.0654. The molecule has 1 saturated heterocycles. The van der Waals surface area contributed by atoms with Crippen molar-refractivity contribution in [1.82, 2.24) is 24.6 Å². The Morgan fingerprint density at radius 2 is 1.55 bits per heavy atom. The Balaban J connectivity index is 1.41. The Morgan fingerprint density at radius 1 is 0.943 bits per heavy atom. The van der Waals surface area contributed by atoms with Crippen molar-refractivity contribution in [3.63, 3.8) is 0 Å². The summed E-state index contributed by atoms with van der Waals surface area (Å²) in [6.07, 6.45) is 3.87. The van der Waals surface area contributed by atoms with Crippen LogP contribution in [-0.2, 0) is 30.8 Å². The van der Waals surface area contributed by atoms with Crippen LogP contribution in [0.3, 0.4) is 0 Å². The van der Waals surface area contributed by atoms with Gasteiger partial charge in [-0.25, -0.2) is 9.18 Å². The molecule has 0 unspecified atom stereocenters. The van der Waals surface area contributed by atoms with Gasteiger partial charge in [0, 0.05) is 51.7 Å². The molecule has 2 aliphatic rings. The molecule has 1 aliphatic heterocycles. The number of hydrogen-bond donors (Lipinski definition) is 2. The van der Waals surface area contributed by atoms with Crippen molar-refractivity contribution in [2.45, 2.75) is 77.5 Å². The molecule has 4 rings (SSSR count). The van der Waals surface area contributed by atoms with Crippen LogP contribution in [0.4, 0.5) is 13.6 Å². The summed E-state index contributed by atoms with van der Waals surface area (Å²) in [6.45, 7) is 8.26. The first-order valence-corrected chi connectivity index (χ1v) is 18.3. The van der Waals surface area contributed by atoms with Crippen LogP contribution < -0.4 is 10.1 Å². The van der Waals surface area contributed by atoms with Gasteiger partial charge in [-0.3, -0.25) is 19.3 Å². The van der Waals surface area contributed by atoms with Crippen molar-refractivity contribution in [3.8, 4) is 5.75 Å². The first kappa shape index (κ1) is 41.7. The number of benzene rings is 1. The lowest BCUT2D eigenvalue weighted by Crippen LogP contribution is -2.59. The molecule has 2 heterocycles. The summed E-state index contributed by atoms with van der Waals surface area (Å²) >= 11 is 0. The zero-order valence-electron chi connectivity index (χ0n) is 31.8. The van der Waals surface area contributed by atoms with Crippen LogP contribution in [0.25, 0.3) is 10.9 Å². The summed E-state index contributed by atoms with van der Waals surface area (Å²) in [7, 11) is 3.07. The number of nitrogens with one attached hydrogen (secondary N) is 1. The molecule has 2 N–H and O–H groups in total. The Morgan fingerprint density at radius 3 is 2.17 bits per heavy atom. The average Bonchev–Trinajstić information content (AvgIpc) is 3.46. The molecule has 2 fully saturated rings. The van der Waals surface area contributed by atoms with Gasteiger partial charge < -0.3 is 43.7 Å². The van der Waals surface area contributed by atoms with Gasteiger partial charge in [-0.15, -0.1) is 0 Å². The molecule has 0 spiro atoms. The van der Waals surface area contributed by atoms with Gasteiger partial charge in [-0.1, -0.05) is 19.3 Å². The standard InChI is InChI=1S/C37H55F2N5O9/c1-24(41(5)36(49)53-37(2,3)4)33(46)40-31(25-10-8-7-9-11-25)35(48)44-14-12-43(13-15-44)34(47)29-22-26-28(42(29)6)23-27(38)30(39)32(26)52-21-20-51-19-18-50-17-16-45/h22-25,31,45H,7-21H2,1-6H3,(H,40,46)/t24-,31-/m0/s1. The molecule has 14 nitrogen and oxygen atoms in total. The number of piperazine rings is 1. The van der Waals surface area contributed by atoms with E-state index in [-0.39, 0.29) is 106 Å². The topological polar surface area (TPSA) is 152 Å². The van der Waals surface area contributed by atoms with E-state index < -0.39 is 41.3 Å². The molecule has 16 heteroatoms. The highest BCUT2D eigenvalue weighted by Crippen LogP contribution is 2.34. The predicted molar refractivity (Wildman–Crippen MR) is 192 cm³/mol. The number of hydrogen-bond acceptors (Lipinski definition) is 9. The van der Waals surface area contributed by atoms with E-state index in [0.29, 0.717) is 0 Å². The number of carbonyl (C=O) groups excluding carboxylic acids is 4. The molecule has 4 amide bonds. The smallest absolute Gasteiger partial charge is 0.410 e. The quantitative estimate of drug-likeness (QED) is 0.261. The Bertz CT molecular complexity index is 1580. The second-order valence-corrected chi connectivity index (χ2v) is 14.6. The van der Waals surface area contributed by atoms with Gasteiger partial charge in [-0.05, 0) is 52.5 Å². The van der Waals surface area contributed by atoms with Crippen LogP contribution in [0.2, 0.25) is 0 Å². The number of aliphatic hydroxyl groups is 1. The molecule has 2 aromatic rings. The number of aryl methyl sites for hydroxylation is 1. The fourth-order valence-corrected chi connectivity index (χ4v) is 6.60. The molecule has 1 aliphatic carbocycles. The average molecular weight is 752 g/mol. The number of ether oxygens (including phenoxy) is 4. The molecule has 0 bridgehead atoms. The molecule has 0 radical (unpaired) electrons. The van der Waals surface area contributed by atoms with E-state index in [1.54, 1.807) is 44.5 Å². The molecular formula is C37H55F2N5O9. The number of aliphatic hydroxyl groups excluding tert-OH is 1. The fraction of sp³-hybridized carbons (Fsp3) is 0.676. The van der Waals surface area contributed by atoms with Gasteiger partial charge in [0.25, 0.3) is 5.91 Å². The van der Waals surface area contributed by atoms with Crippen LogP contribution in [0.1, 0.15) is 70.3 Å². The lowest BCUT2D eigenvalue weighted by molar-refractivity contribution is -0.140. The van der Waals surface area contributed by atoms with E-state index in [0.717, 1.165) is 38.2 Å². The summed E-state index contributed by atoms with van der Waals surface area (Å²) in [6, 6.07) is 0.820. The van der Waals surface area contributed by atoms with Crippen LogP contribution >= 0.6 is 0 Å². The minimum atomic E-state index is -1.18. The number of likely N-dealkylation sites (N-methyl/N-ethyl adjacent to an activating group) is 1. The number of nitrogens with zero attached hydrogens (tertiary/aromatic N) is 4. The highest BCUT2D eigenvalue weighted by atomic mass is 19.2. The van der Waals surface area contributed by atoms with Crippen molar-refractivity contribution >= 4 is 34.7 Å². The van der Waals surface area contributed by atoms with E-state index in [1.165, 1.54) is 22.6 Å². The highest BCUT2D eigenvalue weighted by molar-refractivity contribution is 6.00. The van der Waals surface area contributed by atoms with Gasteiger partial charge in [-0.2, -0.15) is 4.39 Å². The third-order valence-corrected chi connectivity index (χ3v) is 9.70. The fourth-order valence-electron chi connectivity index (χ4n) is 6.60. The SMILES string of the molecule is C[C@@H](C(=O)N[C@H](C(=O)N1CCN(C(=O)c2cc3c(OCCOCCOCCO)c(F)c(F)cc3n2C)CC1)C1CCCCC1)N(C)C(=O)OC(C)(C)C. The van der Waals surface area contributed by atoms with Gasteiger partial charge in [0.15, 0.2) is 11.6 Å². The van der Waals surface area contributed by atoms with Crippen LogP contribution in [0, 0.1) is 17.6 Å². The Labute approximate surface area is 309 Å². The Kier molecular flexibility index (Phi) is 14.8. The van der Waals surface area contributed by atoms with Crippen LogP contribution in [0.15, 0.2) is 12.1 Å². The Hall–Kier alpha value is -4.02. The molecule has 1 saturated carbocycles. The second-order valence-electron chi connectivity index (χ2n) is 14.6. The van der Waals surface area contributed by atoms with Crippen molar-refractivity contribution in [2.24, 2.45) is 13.0 Å². The van der Waals surface area contributed by atoms with Crippen molar-refractivity contribution < 1.29 is 52.0 Å². The summed E-state index contributed by atoms with van der Waals surface area (Å²) in [5, 5.41) is 11.9. The zero-order valence-corrected chi connectivity index (χ0v) is 31.8. The van der Waals surface area contributed by atoms with Gasteiger partial charge >= 0.3 is 6.09 Å². The number of halogens is 2. The van der Waals surface area contributed by atoms with Crippen LogP contribution in [0.5, 0.6) is 5.75 Å². The third kappa shape index (κ3) is 10.8.